The first-order valence-corrected chi connectivity index (χ1v) is 8.50. The molecule has 17 heavy (non-hydrogen) atoms. The number of unbranched alkanes of at least 4 members (excludes halogenated alkanes) is 2. The molecule has 7 heteroatoms. The summed E-state index contributed by atoms with van der Waals surface area (Å²) in [5.74, 6) is 1.07. The van der Waals surface area contributed by atoms with Gasteiger partial charge < -0.3 is 4.74 Å². The summed E-state index contributed by atoms with van der Waals surface area (Å²) in [6.07, 6.45) is 3.60. The van der Waals surface area contributed by atoms with Crippen LogP contribution in [0.25, 0.3) is 0 Å². The van der Waals surface area contributed by atoms with Gasteiger partial charge in [0, 0.05) is 0 Å². The molecule has 0 fully saturated rings. The van der Waals surface area contributed by atoms with Crippen molar-refractivity contribution >= 4 is 27.8 Å². The van der Waals surface area contributed by atoms with Crippen LogP contribution in [0.1, 0.15) is 26.2 Å². The Balaban J connectivity index is 3.22. The van der Waals surface area contributed by atoms with Crippen LogP contribution in [0.15, 0.2) is 0 Å². The molecule has 0 rings (SSSR count). The molecule has 0 radical (unpaired) electrons. The molecule has 0 spiro atoms. The summed E-state index contributed by atoms with van der Waals surface area (Å²) in [6.45, 7) is 2.44. The van der Waals surface area contributed by atoms with Gasteiger partial charge in [-0.05, 0) is 25.5 Å². The Morgan fingerprint density at radius 2 is 1.94 bits per heavy atom. The molecule has 0 aromatic carbocycles. The van der Waals surface area contributed by atoms with Gasteiger partial charge in [0.2, 0.25) is 0 Å². The maximum Gasteiger partial charge on any atom is 0.315 e. The summed E-state index contributed by atoms with van der Waals surface area (Å²) in [6, 6.07) is 0. The molecule has 5 nitrogen and oxygen atoms in total. The van der Waals surface area contributed by atoms with Crippen molar-refractivity contribution in [3.63, 3.8) is 0 Å². The Bertz CT molecular complexity index is 300. The molecular formula is C10H20O5S2. The number of carbonyl (C=O) groups is 1. The predicted octanol–water partition coefficient (Wildman–Crippen LogP) is 1.43. The largest absolute Gasteiger partial charge is 0.465 e. The van der Waals surface area contributed by atoms with Gasteiger partial charge in [0.15, 0.2) is 0 Å². The van der Waals surface area contributed by atoms with Crippen LogP contribution in [-0.4, -0.2) is 45.4 Å². The lowest BCUT2D eigenvalue weighted by atomic mass is 10.3. The summed E-state index contributed by atoms with van der Waals surface area (Å²) >= 11 is 1.53. The van der Waals surface area contributed by atoms with Gasteiger partial charge >= 0.3 is 5.97 Å². The molecule has 0 atom stereocenters. The fourth-order valence-electron chi connectivity index (χ4n) is 1.05. The van der Waals surface area contributed by atoms with E-state index in [0.717, 1.165) is 24.9 Å². The van der Waals surface area contributed by atoms with Crippen molar-refractivity contribution in [2.75, 3.05) is 31.0 Å². The summed E-state index contributed by atoms with van der Waals surface area (Å²) in [5.41, 5.74) is 0. The molecule has 0 aliphatic carbocycles. The first-order chi connectivity index (χ1) is 7.95. The molecule has 0 bridgehead atoms. The fourth-order valence-corrected chi connectivity index (χ4v) is 2.27. The van der Waals surface area contributed by atoms with Crippen LogP contribution in [-0.2, 0) is 23.8 Å². The average molecular weight is 284 g/mol. The Hall–Kier alpha value is -0.270. The standard InChI is InChI=1S/C10H20O5S2/c1-3-14-10(11)9-16-8-6-4-5-7-15-17(2,12)13/h3-9H2,1-2H3. The van der Waals surface area contributed by atoms with E-state index in [2.05, 4.69) is 4.18 Å². The molecule has 0 aromatic heterocycles. The van der Waals surface area contributed by atoms with Crippen LogP contribution in [0.2, 0.25) is 0 Å². The third-order valence-electron chi connectivity index (χ3n) is 1.76. The molecule has 0 amide bonds. The van der Waals surface area contributed by atoms with E-state index in [4.69, 9.17) is 4.74 Å². The normalized spacial score (nSPS) is 11.4. The Labute approximate surface area is 107 Å². The van der Waals surface area contributed by atoms with Crippen LogP contribution in [0, 0.1) is 0 Å². The van der Waals surface area contributed by atoms with Gasteiger partial charge in [-0.2, -0.15) is 20.2 Å². The monoisotopic (exact) mass is 284 g/mol. The number of rotatable bonds is 10. The van der Waals surface area contributed by atoms with E-state index in [1.807, 2.05) is 0 Å². The highest BCUT2D eigenvalue weighted by Gasteiger charge is 2.02. The SMILES string of the molecule is CCOC(=O)CSCCCCCOS(C)(=O)=O. The molecule has 0 aliphatic heterocycles. The van der Waals surface area contributed by atoms with Crippen molar-refractivity contribution < 1.29 is 22.1 Å². The molecule has 0 unspecified atom stereocenters. The third-order valence-corrected chi connectivity index (χ3v) is 3.37. The molecule has 0 N–H and O–H groups in total. The first kappa shape index (κ1) is 16.7. The molecule has 0 saturated heterocycles. The predicted molar refractivity (Wildman–Crippen MR) is 68.6 cm³/mol. The summed E-state index contributed by atoms with van der Waals surface area (Å²) in [4.78, 5) is 11.0. The van der Waals surface area contributed by atoms with E-state index in [-0.39, 0.29) is 12.6 Å². The number of ether oxygens (including phenoxy) is 1. The summed E-state index contributed by atoms with van der Waals surface area (Å²) in [5, 5.41) is 0. The van der Waals surface area contributed by atoms with Gasteiger partial charge in [0.25, 0.3) is 10.1 Å². The van der Waals surface area contributed by atoms with Gasteiger partial charge in [-0.25, -0.2) is 0 Å². The minimum Gasteiger partial charge on any atom is -0.465 e. The Morgan fingerprint density at radius 3 is 2.53 bits per heavy atom. The molecule has 0 saturated carbocycles. The van der Waals surface area contributed by atoms with E-state index in [9.17, 15) is 13.2 Å². The minimum absolute atomic E-state index is 0.182. The Kier molecular flexibility index (Phi) is 9.57. The van der Waals surface area contributed by atoms with Crippen molar-refractivity contribution in [3.8, 4) is 0 Å². The summed E-state index contributed by atoms with van der Waals surface area (Å²) < 4.78 is 30.6. The second-order valence-electron chi connectivity index (χ2n) is 3.44. The second kappa shape index (κ2) is 9.73. The highest BCUT2D eigenvalue weighted by atomic mass is 32.2. The minimum atomic E-state index is -3.31. The van der Waals surface area contributed by atoms with Crippen molar-refractivity contribution in [1.82, 2.24) is 0 Å². The van der Waals surface area contributed by atoms with Crippen LogP contribution >= 0.6 is 11.8 Å². The lowest BCUT2D eigenvalue weighted by Gasteiger charge is -2.02. The van der Waals surface area contributed by atoms with E-state index in [1.165, 1.54) is 11.8 Å². The van der Waals surface area contributed by atoms with Crippen LogP contribution in [0.5, 0.6) is 0 Å². The first-order valence-electron chi connectivity index (χ1n) is 5.53. The van der Waals surface area contributed by atoms with E-state index in [0.29, 0.717) is 18.8 Å². The number of esters is 1. The average Bonchev–Trinajstić information content (AvgIpc) is 2.21. The lowest BCUT2D eigenvalue weighted by molar-refractivity contribution is -0.139. The van der Waals surface area contributed by atoms with E-state index >= 15 is 0 Å². The van der Waals surface area contributed by atoms with Crippen molar-refractivity contribution in [3.05, 3.63) is 0 Å². The van der Waals surface area contributed by atoms with E-state index in [1.54, 1.807) is 6.92 Å². The van der Waals surface area contributed by atoms with Crippen LogP contribution in [0.3, 0.4) is 0 Å². The molecule has 0 heterocycles. The second-order valence-corrected chi connectivity index (χ2v) is 6.19. The van der Waals surface area contributed by atoms with Gasteiger partial charge in [-0.15, -0.1) is 0 Å². The van der Waals surface area contributed by atoms with Crippen molar-refractivity contribution in [2.24, 2.45) is 0 Å². The third kappa shape index (κ3) is 13.7. The number of carbonyl (C=O) groups excluding carboxylic acids is 1. The molecule has 102 valence electrons. The van der Waals surface area contributed by atoms with Gasteiger partial charge in [0.1, 0.15) is 0 Å². The van der Waals surface area contributed by atoms with Gasteiger partial charge in [-0.1, -0.05) is 6.42 Å². The highest BCUT2D eigenvalue weighted by molar-refractivity contribution is 7.99. The topological polar surface area (TPSA) is 69.7 Å². The zero-order chi connectivity index (χ0) is 13.1. The van der Waals surface area contributed by atoms with Crippen LogP contribution in [0.4, 0.5) is 0 Å². The van der Waals surface area contributed by atoms with Crippen molar-refractivity contribution in [1.29, 1.82) is 0 Å². The molecular weight excluding hydrogens is 264 g/mol. The summed E-state index contributed by atoms with van der Waals surface area (Å²) in [7, 11) is -3.31. The zero-order valence-corrected chi connectivity index (χ0v) is 11.9. The van der Waals surface area contributed by atoms with Crippen molar-refractivity contribution in [2.45, 2.75) is 26.2 Å². The lowest BCUT2D eigenvalue weighted by Crippen LogP contribution is -2.07. The van der Waals surface area contributed by atoms with Gasteiger partial charge in [-0.3, -0.25) is 8.98 Å². The highest BCUT2D eigenvalue weighted by Crippen LogP contribution is 2.07. The maximum atomic E-state index is 11.0. The zero-order valence-electron chi connectivity index (χ0n) is 10.3. The number of thioether (sulfide) groups is 1. The molecule has 0 aliphatic rings. The Morgan fingerprint density at radius 1 is 1.24 bits per heavy atom. The van der Waals surface area contributed by atoms with E-state index < -0.39 is 10.1 Å². The van der Waals surface area contributed by atoms with Gasteiger partial charge in [0.05, 0.1) is 25.2 Å². The quantitative estimate of drug-likeness (QED) is 0.343. The number of hydrogen-bond acceptors (Lipinski definition) is 6. The fraction of sp³-hybridized carbons (Fsp3) is 0.900. The molecule has 0 aromatic rings. The smallest absolute Gasteiger partial charge is 0.315 e. The van der Waals surface area contributed by atoms with Crippen LogP contribution < -0.4 is 0 Å². The number of hydrogen-bond donors (Lipinski definition) is 0. The maximum absolute atomic E-state index is 11.0.